The van der Waals surface area contributed by atoms with E-state index >= 15 is 0 Å². The summed E-state index contributed by atoms with van der Waals surface area (Å²) in [5.41, 5.74) is 1.45. The molecule has 0 aromatic carbocycles. The summed E-state index contributed by atoms with van der Waals surface area (Å²) in [5.74, 6) is 1.46. The molecule has 0 unspecified atom stereocenters. The minimum absolute atomic E-state index is 0.0803. The fourth-order valence-corrected chi connectivity index (χ4v) is 2.34. The number of nitrogens with one attached hydrogen (secondary N) is 3. The zero-order chi connectivity index (χ0) is 14.7. The summed E-state index contributed by atoms with van der Waals surface area (Å²) in [4.78, 5) is 29.9. The van der Waals surface area contributed by atoms with Crippen molar-refractivity contribution in [3.8, 4) is 0 Å². The Bertz CT molecular complexity index is 638. The number of amides is 1. The van der Waals surface area contributed by atoms with E-state index in [-0.39, 0.29) is 5.91 Å². The molecule has 1 saturated heterocycles. The Morgan fingerprint density at radius 3 is 3.14 bits per heavy atom. The molecule has 0 saturated carbocycles. The first kappa shape index (κ1) is 13.6. The van der Waals surface area contributed by atoms with Crippen molar-refractivity contribution in [2.75, 3.05) is 36.4 Å². The SMILES string of the molecule is CCCNc1nc(N2CCNC(=O)CC2)c2[nH]cnc2n1. The molecule has 2 aromatic heterocycles. The maximum absolute atomic E-state index is 11.5. The van der Waals surface area contributed by atoms with Crippen molar-refractivity contribution in [3.63, 3.8) is 0 Å². The van der Waals surface area contributed by atoms with Gasteiger partial charge < -0.3 is 20.5 Å². The molecule has 8 heteroatoms. The van der Waals surface area contributed by atoms with Gasteiger partial charge in [0, 0.05) is 32.6 Å². The third kappa shape index (κ3) is 2.88. The maximum atomic E-state index is 11.5. The average molecular weight is 289 g/mol. The molecule has 3 rings (SSSR count). The summed E-state index contributed by atoms with van der Waals surface area (Å²) < 4.78 is 0. The number of aromatic amines is 1. The van der Waals surface area contributed by atoms with Crippen LogP contribution in [0.5, 0.6) is 0 Å². The van der Waals surface area contributed by atoms with E-state index in [2.05, 4.69) is 42.4 Å². The highest BCUT2D eigenvalue weighted by Crippen LogP contribution is 2.23. The van der Waals surface area contributed by atoms with E-state index < -0.39 is 0 Å². The van der Waals surface area contributed by atoms with Crippen LogP contribution in [-0.2, 0) is 4.79 Å². The molecule has 0 atom stereocenters. The fraction of sp³-hybridized carbons (Fsp3) is 0.538. The van der Waals surface area contributed by atoms with E-state index in [1.54, 1.807) is 6.33 Å². The monoisotopic (exact) mass is 289 g/mol. The first-order valence-electron chi connectivity index (χ1n) is 7.24. The summed E-state index contributed by atoms with van der Waals surface area (Å²) in [6, 6.07) is 0. The lowest BCUT2D eigenvalue weighted by atomic mass is 10.3. The number of hydrogen-bond donors (Lipinski definition) is 3. The van der Waals surface area contributed by atoms with E-state index in [9.17, 15) is 4.79 Å². The largest absolute Gasteiger partial charge is 0.354 e. The van der Waals surface area contributed by atoms with E-state index in [0.717, 1.165) is 30.8 Å². The van der Waals surface area contributed by atoms with Crippen LogP contribution in [0.3, 0.4) is 0 Å². The van der Waals surface area contributed by atoms with Crippen molar-refractivity contribution in [1.29, 1.82) is 0 Å². The third-order valence-corrected chi connectivity index (χ3v) is 3.41. The van der Waals surface area contributed by atoms with Crippen LogP contribution >= 0.6 is 0 Å². The van der Waals surface area contributed by atoms with Gasteiger partial charge in [0.25, 0.3) is 0 Å². The normalized spacial score (nSPS) is 15.9. The van der Waals surface area contributed by atoms with Crippen molar-refractivity contribution in [1.82, 2.24) is 25.3 Å². The first-order valence-corrected chi connectivity index (χ1v) is 7.24. The van der Waals surface area contributed by atoms with Gasteiger partial charge in [-0.1, -0.05) is 6.92 Å². The van der Waals surface area contributed by atoms with Gasteiger partial charge in [-0.15, -0.1) is 0 Å². The Labute approximate surface area is 122 Å². The highest BCUT2D eigenvalue weighted by molar-refractivity contribution is 5.85. The number of carbonyl (C=O) groups is 1. The third-order valence-electron chi connectivity index (χ3n) is 3.41. The number of nitrogens with zero attached hydrogens (tertiary/aromatic N) is 4. The molecule has 1 aliphatic heterocycles. The first-order chi connectivity index (χ1) is 10.3. The standard InChI is InChI=1S/C13H19N7O/c1-2-4-15-13-18-11-10(16-8-17-11)12(19-13)20-6-3-9(21)14-5-7-20/h8H,2-7H2,1H3,(H,14,21)(H2,15,16,17,18,19). The summed E-state index contributed by atoms with van der Waals surface area (Å²) in [6.07, 6.45) is 3.09. The molecule has 2 aromatic rings. The molecule has 3 heterocycles. The maximum Gasteiger partial charge on any atom is 0.226 e. The summed E-state index contributed by atoms with van der Waals surface area (Å²) >= 11 is 0. The van der Waals surface area contributed by atoms with Crippen LogP contribution in [0, 0.1) is 0 Å². The van der Waals surface area contributed by atoms with Gasteiger partial charge in [-0.25, -0.2) is 4.98 Å². The van der Waals surface area contributed by atoms with Gasteiger partial charge in [0.15, 0.2) is 11.5 Å². The lowest BCUT2D eigenvalue weighted by Gasteiger charge is -2.21. The molecular formula is C13H19N7O. The molecule has 1 aliphatic rings. The molecule has 3 N–H and O–H groups in total. The Morgan fingerprint density at radius 2 is 2.29 bits per heavy atom. The van der Waals surface area contributed by atoms with Crippen molar-refractivity contribution in [2.24, 2.45) is 0 Å². The second-order valence-corrected chi connectivity index (χ2v) is 4.99. The second-order valence-electron chi connectivity index (χ2n) is 4.99. The molecule has 0 bridgehead atoms. The second kappa shape index (κ2) is 5.94. The molecule has 8 nitrogen and oxygen atoms in total. The van der Waals surface area contributed by atoms with E-state index in [0.29, 0.717) is 31.1 Å². The number of rotatable bonds is 4. The fourth-order valence-electron chi connectivity index (χ4n) is 2.34. The number of imidazole rings is 1. The molecule has 112 valence electrons. The van der Waals surface area contributed by atoms with Crippen molar-refractivity contribution >= 4 is 28.8 Å². The molecule has 1 amide bonds. The number of hydrogen-bond acceptors (Lipinski definition) is 6. The molecule has 0 spiro atoms. The van der Waals surface area contributed by atoms with Crippen LogP contribution < -0.4 is 15.5 Å². The highest BCUT2D eigenvalue weighted by Gasteiger charge is 2.19. The Hall–Kier alpha value is -2.38. The smallest absolute Gasteiger partial charge is 0.226 e. The van der Waals surface area contributed by atoms with Gasteiger partial charge in [0.2, 0.25) is 11.9 Å². The van der Waals surface area contributed by atoms with Crippen LogP contribution in [-0.4, -0.2) is 52.0 Å². The minimum atomic E-state index is 0.0803. The molecule has 0 aliphatic carbocycles. The number of fused-ring (bicyclic) bond motifs is 1. The Morgan fingerprint density at radius 1 is 1.38 bits per heavy atom. The van der Waals surface area contributed by atoms with Crippen LogP contribution in [0.15, 0.2) is 6.33 Å². The number of anilines is 2. The topological polar surface area (TPSA) is 98.8 Å². The summed E-state index contributed by atoms with van der Waals surface area (Å²) in [5, 5.41) is 6.06. The Balaban J connectivity index is 1.94. The van der Waals surface area contributed by atoms with Gasteiger partial charge in [-0.3, -0.25) is 4.79 Å². The molecule has 1 fully saturated rings. The minimum Gasteiger partial charge on any atom is -0.354 e. The lowest BCUT2D eigenvalue weighted by Crippen LogP contribution is -2.29. The summed E-state index contributed by atoms with van der Waals surface area (Å²) in [6.45, 7) is 4.90. The van der Waals surface area contributed by atoms with Crippen LogP contribution in [0.2, 0.25) is 0 Å². The van der Waals surface area contributed by atoms with Gasteiger partial charge in [0.1, 0.15) is 5.52 Å². The predicted molar refractivity (Wildman–Crippen MR) is 80.3 cm³/mol. The molecule has 0 radical (unpaired) electrons. The van der Waals surface area contributed by atoms with Crippen LogP contribution in [0.1, 0.15) is 19.8 Å². The quantitative estimate of drug-likeness (QED) is 0.758. The Kier molecular flexibility index (Phi) is 3.85. The van der Waals surface area contributed by atoms with Crippen molar-refractivity contribution < 1.29 is 4.79 Å². The van der Waals surface area contributed by atoms with Gasteiger partial charge in [0.05, 0.1) is 6.33 Å². The number of H-pyrrole nitrogens is 1. The van der Waals surface area contributed by atoms with E-state index in [4.69, 9.17) is 0 Å². The van der Waals surface area contributed by atoms with E-state index in [1.165, 1.54) is 0 Å². The lowest BCUT2D eigenvalue weighted by molar-refractivity contribution is -0.120. The van der Waals surface area contributed by atoms with E-state index in [1.807, 2.05) is 0 Å². The zero-order valence-corrected chi connectivity index (χ0v) is 12.0. The van der Waals surface area contributed by atoms with Crippen molar-refractivity contribution in [3.05, 3.63) is 6.33 Å². The van der Waals surface area contributed by atoms with Gasteiger partial charge in [-0.2, -0.15) is 9.97 Å². The number of aromatic nitrogens is 4. The summed E-state index contributed by atoms with van der Waals surface area (Å²) in [7, 11) is 0. The molecule has 21 heavy (non-hydrogen) atoms. The van der Waals surface area contributed by atoms with Crippen LogP contribution in [0.4, 0.5) is 11.8 Å². The molecular weight excluding hydrogens is 270 g/mol. The number of carbonyl (C=O) groups excluding carboxylic acids is 1. The zero-order valence-electron chi connectivity index (χ0n) is 12.0. The average Bonchev–Trinajstić information content (AvgIpc) is 2.86. The highest BCUT2D eigenvalue weighted by atomic mass is 16.1. The van der Waals surface area contributed by atoms with Crippen LogP contribution in [0.25, 0.3) is 11.2 Å². The van der Waals surface area contributed by atoms with Gasteiger partial charge in [-0.05, 0) is 6.42 Å². The van der Waals surface area contributed by atoms with Crippen molar-refractivity contribution in [2.45, 2.75) is 19.8 Å². The van der Waals surface area contributed by atoms with Gasteiger partial charge >= 0.3 is 0 Å². The predicted octanol–water partition coefficient (Wildman–Crippen LogP) is 0.501.